The van der Waals surface area contributed by atoms with E-state index in [4.69, 9.17) is 9.47 Å². The molecule has 11 heteroatoms. The SMILES string of the molecule is CC(C)CC(OC(=O)N1CCOCC1)C(=O)NC1(C#N)CCN(Cc2c(F)cc(F)cc2F)C1. The van der Waals surface area contributed by atoms with Gasteiger partial charge in [-0.05, 0) is 18.8 Å². The van der Waals surface area contributed by atoms with Crippen LogP contribution in [-0.4, -0.2) is 72.8 Å². The lowest BCUT2D eigenvalue weighted by molar-refractivity contribution is -0.132. The van der Waals surface area contributed by atoms with Crippen molar-refractivity contribution in [3.05, 3.63) is 35.1 Å². The first-order valence-corrected chi connectivity index (χ1v) is 11.2. The van der Waals surface area contributed by atoms with Crippen LogP contribution in [0.4, 0.5) is 18.0 Å². The Morgan fingerprint density at radius 3 is 2.44 bits per heavy atom. The van der Waals surface area contributed by atoms with E-state index in [9.17, 15) is 28.0 Å². The van der Waals surface area contributed by atoms with Crippen molar-refractivity contribution in [3.63, 3.8) is 0 Å². The van der Waals surface area contributed by atoms with Crippen LogP contribution in [-0.2, 0) is 20.8 Å². The van der Waals surface area contributed by atoms with E-state index in [2.05, 4.69) is 11.4 Å². The molecule has 2 amide bonds. The number of hydrogen-bond donors (Lipinski definition) is 1. The van der Waals surface area contributed by atoms with Gasteiger partial charge in [0.15, 0.2) is 6.10 Å². The van der Waals surface area contributed by atoms with Gasteiger partial charge in [0, 0.05) is 50.4 Å². The summed E-state index contributed by atoms with van der Waals surface area (Å²) in [6.07, 6.45) is -1.24. The van der Waals surface area contributed by atoms with Gasteiger partial charge in [0.2, 0.25) is 0 Å². The maximum Gasteiger partial charge on any atom is 0.410 e. The first kappa shape index (κ1) is 25.8. The number of nitrogens with one attached hydrogen (secondary N) is 1. The Balaban J connectivity index is 1.66. The normalized spacial score (nSPS) is 21.9. The van der Waals surface area contributed by atoms with Gasteiger partial charge in [-0.3, -0.25) is 9.69 Å². The number of morpholine rings is 1. The molecule has 1 N–H and O–H groups in total. The second-order valence-electron chi connectivity index (χ2n) is 9.09. The van der Waals surface area contributed by atoms with Crippen molar-refractivity contribution in [1.29, 1.82) is 5.26 Å². The third-order valence-electron chi connectivity index (χ3n) is 5.90. The smallest absolute Gasteiger partial charge is 0.410 e. The molecular weight excluding hydrogens is 453 g/mol. The van der Waals surface area contributed by atoms with E-state index < -0.39 is 41.1 Å². The average molecular weight is 483 g/mol. The second kappa shape index (κ2) is 11.1. The topological polar surface area (TPSA) is 94.9 Å². The summed E-state index contributed by atoms with van der Waals surface area (Å²) in [5.74, 6) is -3.60. The Hall–Kier alpha value is -2.84. The maximum atomic E-state index is 14.0. The van der Waals surface area contributed by atoms with Crippen LogP contribution >= 0.6 is 0 Å². The molecule has 2 unspecified atom stereocenters. The highest BCUT2D eigenvalue weighted by atomic mass is 19.1. The zero-order valence-corrected chi connectivity index (χ0v) is 19.3. The van der Waals surface area contributed by atoms with Crippen LogP contribution in [0.3, 0.4) is 0 Å². The number of carbonyl (C=O) groups is 2. The Labute approximate surface area is 196 Å². The summed E-state index contributed by atoms with van der Waals surface area (Å²) in [6.45, 7) is 5.38. The van der Waals surface area contributed by atoms with Gasteiger partial charge in [0.05, 0.1) is 19.3 Å². The first-order chi connectivity index (χ1) is 16.1. The van der Waals surface area contributed by atoms with Crippen molar-refractivity contribution in [2.45, 2.75) is 44.9 Å². The number of halogens is 3. The van der Waals surface area contributed by atoms with Gasteiger partial charge in [-0.15, -0.1) is 0 Å². The number of rotatable bonds is 7. The van der Waals surface area contributed by atoms with Crippen LogP contribution in [0.25, 0.3) is 0 Å². The van der Waals surface area contributed by atoms with Crippen LogP contribution < -0.4 is 5.32 Å². The minimum atomic E-state index is -1.31. The second-order valence-corrected chi connectivity index (χ2v) is 9.09. The molecule has 0 aliphatic carbocycles. The monoisotopic (exact) mass is 482 g/mol. The summed E-state index contributed by atoms with van der Waals surface area (Å²) >= 11 is 0. The van der Waals surface area contributed by atoms with Crippen molar-refractivity contribution in [3.8, 4) is 6.07 Å². The highest BCUT2D eigenvalue weighted by Crippen LogP contribution is 2.26. The largest absolute Gasteiger partial charge is 0.436 e. The van der Waals surface area contributed by atoms with E-state index in [1.54, 1.807) is 4.90 Å². The number of amides is 2. The number of carbonyl (C=O) groups excluding carboxylic acids is 2. The fourth-order valence-corrected chi connectivity index (χ4v) is 4.09. The van der Waals surface area contributed by atoms with Crippen molar-refractivity contribution in [2.75, 3.05) is 39.4 Å². The van der Waals surface area contributed by atoms with E-state index >= 15 is 0 Å². The molecule has 8 nitrogen and oxygen atoms in total. The molecule has 34 heavy (non-hydrogen) atoms. The molecular formula is C23H29F3N4O4. The van der Waals surface area contributed by atoms with E-state index in [0.29, 0.717) is 38.4 Å². The molecule has 0 spiro atoms. The van der Waals surface area contributed by atoms with Crippen LogP contribution in [0.2, 0.25) is 0 Å². The molecule has 0 aromatic heterocycles. The van der Waals surface area contributed by atoms with Crippen molar-refractivity contribution < 1.29 is 32.2 Å². The van der Waals surface area contributed by atoms with Crippen LogP contribution in [0.1, 0.15) is 32.3 Å². The summed E-state index contributed by atoms with van der Waals surface area (Å²) in [4.78, 5) is 28.7. The molecule has 186 valence electrons. The number of ether oxygens (including phenoxy) is 2. The number of nitriles is 1. The number of nitrogens with zero attached hydrogens (tertiary/aromatic N) is 3. The quantitative estimate of drug-likeness (QED) is 0.642. The van der Waals surface area contributed by atoms with E-state index in [0.717, 1.165) is 0 Å². The predicted molar refractivity (Wildman–Crippen MR) is 115 cm³/mol. The Kier molecular flexibility index (Phi) is 8.38. The van der Waals surface area contributed by atoms with Crippen LogP contribution in [0.15, 0.2) is 12.1 Å². The predicted octanol–water partition coefficient (Wildman–Crippen LogP) is 2.57. The maximum absolute atomic E-state index is 14.0. The summed E-state index contributed by atoms with van der Waals surface area (Å²) < 4.78 is 52.0. The molecule has 1 aromatic carbocycles. The average Bonchev–Trinajstić information content (AvgIpc) is 3.19. The Bertz CT molecular complexity index is 926. The van der Waals surface area contributed by atoms with Gasteiger partial charge >= 0.3 is 6.09 Å². The van der Waals surface area contributed by atoms with Gasteiger partial charge in [-0.1, -0.05) is 13.8 Å². The summed E-state index contributed by atoms with van der Waals surface area (Å²) in [5, 5.41) is 12.5. The Morgan fingerprint density at radius 2 is 1.85 bits per heavy atom. The van der Waals surface area contributed by atoms with Crippen molar-refractivity contribution >= 4 is 12.0 Å². The Morgan fingerprint density at radius 1 is 1.21 bits per heavy atom. The third kappa shape index (κ3) is 6.39. The zero-order chi connectivity index (χ0) is 24.9. The molecule has 0 radical (unpaired) electrons. The molecule has 3 rings (SSSR count). The number of likely N-dealkylation sites (tertiary alicyclic amines) is 1. The minimum absolute atomic E-state index is 0.0112. The van der Waals surface area contributed by atoms with Gasteiger partial charge in [-0.2, -0.15) is 5.26 Å². The van der Waals surface area contributed by atoms with E-state index in [-0.39, 0.29) is 44.0 Å². The van der Waals surface area contributed by atoms with Crippen molar-refractivity contribution in [1.82, 2.24) is 15.1 Å². The summed E-state index contributed by atoms with van der Waals surface area (Å²) in [7, 11) is 0. The fraction of sp³-hybridized carbons (Fsp3) is 0.609. The summed E-state index contributed by atoms with van der Waals surface area (Å²) in [6, 6.07) is 3.31. The van der Waals surface area contributed by atoms with Gasteiger partial charge in [-0.25, -0.2) is 18.0 Å². The molecule has 2 saturated heterocycles. The number of benzene rings is 1. The molecule has 0 saturated carbocycles. The van der Waals surface area contributed by atoms with Gasteiger partial charge in [0.1, 0.15) is 23.0 Å². The molecule has 2 aliphatic rings. The van der Waals surface area contributed by atoms with Gasteiger partial charge in [0.25, 0.3) is 5.91 Å². The molecule has 0 bridgehead atoms. The molecule has 1 aromatic rings. The van der Waals surface area contributed by atoms with E-state index in [1.807, 2.05) is 13.8 Å². The number of hydrogen-bond acceptors (Lipinski definition) is 6. The lowest BCUT2D eigenvalue weighted by atomic mass is 9.98. The fourth-order valence-electron chi connectivity index (χ4n) is 4.09. The molecule has 2 aliphatic heterocycles. The first-order valence-electron chi connectivity index (χ1n) is 11.2. The highest BCUT2D eigenvalue weighted by molar-refractivity contribution is 5.84. The molecule has 2 fully saturated rings. The zero-order valence-electron chi connectivity index (χ0n) is 19.3. The van der Waals surface area contributed by atoms with Crippen molar-refractivity contribution in [2.24, 2.45) is 5.92 Å². The van der Waals surface area contributed by atoms with Gasteiger partial charge < -0.3 is 19.7 Å². The molecule has 2 atom stereocenters. The van der Waals surface area contributed by atoms with E-state index in [1.165, 1.54) is 4.90 Å². The standard InChI is InChI=1S/C23H29F3N4O4/c1-15(2)9-20(34-22(32)30-5-7-33-8-6-30)21(31)28-23(13-27)3-4-29(14-23)12-17-18(25)10-16(24)11-19(17)26/h10-11,15,20H,3-9,12,14H2,1-2H3,(H,28,31). The highest BCUT2D eigenvalue weighted by Gasteiger charge is 2.42. The van der Waals surface area contributed by atoms with Crippen LogP contribution in [0, 0.1) is 34.7 Å². The molecule has 2 heterocycles. The minimum Gasteiger partial charge on any atom is -0.436 e. The van der Waals surface area contributed by atoms with Crippen LogP contribution in [0.5, 0.6) is 0 Å². The summed E-state index contributed by atoms with van der Waals surface area (Å²) in [5.41, 5.74) is -1.62. The lowest BCUT2D eigenvalue weighted by Gasteiger charge is -2.30. The third-order valence-corrected chi connectivity index (χ3v) is 5.90. The lowest BCUT2D eigenvalue weighted by Crippen LogP contribution is -2.54.